The summed E-state index contributed by atoms with van der Waals surface area (Å²) >= 11 is 1.65. The van der Waals surface area contributed by atoms with Crippen molar-refractivity contribution in [2.45, 2.75) is 26.9 Å². The summed E-state index contributed by atoms with van der Waals surface area (Å²) in [4.78, 5) is 17.8. The second-order valence-electron chi connectivity index (χ2n) is 9.41. The molecule has 0 unspecified atom stereocenters. The van der Waals surface area contributed by atoms with Gasteiger partial charge in [0.15, 0.2) is 5.69 Å². The van der Waals surface area contributed by atoms with Crippen LogP contribution in [-0.4, -0.2) is 27.2 Å². The highest BCUT2D eigenvalue weighted by atomic mass is 32.1. The number of nitrogens with zero attached hydrogens (tertiary/aromatic N) is 4. The van der Waals surface area contributed by atoms with Gasteiger partial charge in [0, 0.05) is 22.0 Å². The highest BCUT2D eigenvalue weighted by Crippen LogP contribution is 2.33. The van der Waals surface area contributed by atoms with Crippen molar-refractivity contribution in [3.8, 4) is 23.0 Å². The van der Waals surface area contributed by atoms with Gasteiger partial charge in [-0.05, 0) is 68.1 Å². The average Bonchev–Trinajstić information content (AvgIpc) is 3.76. The van der Waals surface area contributed by atoms with Gasteiger partial charge in [0.2, 0.25) is 5.89 Å². The van der Waals surface area contributed by atoms with E-state index in [0.717, 1.165) is 22.6 Å². The highest BCUT2D eigenvalue weighted by Gasteiger charge is 2.31. The zero-order valence-electron chi connectivity index (χ0n) is 23.5. The van der Waals surface area contributed by atoms with Crippen molar-refractivity contribution in [2.75, 3.05) is 5.32 Å². The number of para-hydroxylation sites is 1. The van der Waals surface area contributed by atoms with E-state index in [0.29, 0.717) is 22.9 Å². The topological polar surface area (TPSA) is 116 Å². The lowest BCUT2D eigenvalue weighted by molar-refractivity contribution is -0.137. The number of benzene rings is 3. The Labute approximate surface area is 253 Å². The Kier molecular flexibility index (Phi) is 8.86. The Balaban J connectivity index is 0.000000175. The fourth-order valence-corrected chi connectivity index (χ4v) is 5.22. The maximum Gasteiger partial charge on any atom is 0.437 e. The van der Waals surface area contributed by atoms with Crippen LogP contribution >= 0.6 is 11.3 Å². The Bertz CT molecular complexity index is 1930. The standard InChI is InChI=1S/C18H16N2O2S.C13H8F3N3O2/c1-12-15-10-6-7-11-16(15)23-17(12)13(2)20-22-18(21)19-14-8-4-3-5-9-14;1-7-5-10(19-21-7)12-18-17-11(20-12)8-3-2-4-9(6-8)13(14,15)16/h3-11H,1-2H3,(H,19,21);2-6H,1H3/b20-13+;. The first-order chi connectivity index (χ1) is 21.1. The lowest BCUT2D eigenvalue weighted by atomic mass is 10.1. The SMILES string of the molecule is C/C(=N\OC(=O)Nc1ccccc1)c1sc2ccccc2c1C.Cc1cc(-c2nnc(-c3cccc(C(F)(F)F)c3)o2)no1. The number of nitrogens with one attached hydrogen (secondary N) is 1. The molecule has 13 heteroatoms. The molecule has 3 heterocycles. The number of carbonyl (C=O) groups excluding carboxylic acids is 1. The maximum atomic E-state index is 12.7. The monoisotopic (exact) mass is 619 g/mol. The summed E-state index contributed by atoms with van der Waals surface area (Å²) in [6.45, 7) is 5.59. The van der Waals surface area contributed by atoms with Crippen LogP contribution < -0.4 is 5.32 Å². The molecule has 6 aromatic rings. The number of hydrogen-bond donors (Lipinski definition) is 1. The number of fused-ring (bicyclic) bond motifs is 1. The van der Waals surface area contributed by atoms with Gasteiger partial charge in [-0.2, -0.15) is 13.2 Å². The number of halogens is 3. The second kappa shape index (κ2) is 12.9. The van der Waals surface area contributed by atoms with Crippen molar-refractivity contribution in [1.29, 1.82) is 0 Å². The van der Waals surface area contributed by atoms with Crippen LogP contribution in [0.15, 0.2) is 99.0 Å². The molecule has 44 heavy (non-hydrogen) atoms. The smallest absolute Gasteiger partial charge is 0.414 e. The van der Waals surface area contributed by atoms with E-state index in [1.54, 1.807) is 36.5 Å². The molecular weight excluding hydrogens is 595 g/mol. The van der Waals surface area contributed by atoms with Crippen LogP contribution in [0.5, 0.6) is 0 Å². The third-order valence-electron chi connectivity index (χ3n) is 6.17. The van der Waals surface area contributed by atoms with E-state index in [1.165, 1.54) is 22.2 Å². The van der Waals surface area contributed by atoms with Crippen molar-refractivity contribution >= 4 is 38.9 Å². The zero-order chi connectivity index (χ0) is 31.3. The first-order valence-electron chi connectivity index (χ1n) is 13.1. The molecule has 0 radical (unpaired) electrons. The summed E-state index contributed by atoms with van der Waals surface area (Å²) in [6, 6.07) is 23.6. The lowest BCUT2D eigenvalue weighted by Crippen LogP contribution is -2.11. The Morgan fingerprint density at radius 3 is 2.36 bits per heavy atom. The number of amides is 1. The lowest BCUT2D eigenvalue weighted by Gasteiger charge is -2.06. The molecule has 9 nitrogen and oxygen atoms in total. The Hall–Kier alpha value is -5.30. The summed E-state index contributed by atoms with van der Waals surface area (Å²) in [5.41, 5.74) is 2.24. The first kappa shape index (κ1) is 30.2. The normalized spacial score (nSPS) is 11.6. The molecule has 6 rings (SSSR count). The van der Waals surface area contributed by atoms with Gasteiger partial charge in [-0.15, -0.1) is 21.5 Å². The van der Waals surface area contributed by atoms with Crippen LogP contribution in [0.2, 0.25) is 0 Å². The number of alkyl halides is 3. The number of aryl methyl sites for hydroxylation is 2. The fraction of sp³-hybridized carbons (Fsp3) is 0.129. The van der Waals surface area contributed by atoms with Gasteiger partial charge < -0.3 is 8.94 Å². The van der Waals surface area contributed by atoms with E-state index in [-0.39, 0.29) is 17.3 Å². The number of thiophene rings is 1. The van der Waals surface area contributed by atoms with Crippen LogP contribution in [0, 0.1) is 13.8 Å². The van der Waals surface area contributed by atoms with Crippen LogP contribution in [0.3, 0.4) is 0 Å². The molecule has 0 bridgehead atoms. The van der Waals surface area contributed by atoms with Gasteiger partial charge in [0.25, 0.3) is 5.89 Å². The summed E-state index contributed by atoms with van der Waals surface area (Å²) in [5, 5.41) is 19.0. The number of carbonyl (C=O) groups is 1. The molecule has 0 saturated heterocycles. The minimum Gasteiger partial charge on any atom is -0.414 e. The molecule has 0 aliphatic carbocycles. The van der Waals surface area contributed by atoms with Gasteiger partial charge in [0.05, 0.1) is 16.2 Å². The van der Waals surface area contributed by atoms with Crippen molar-refractivity contribution < 1.29 is 31.7 Å². The van der Waals surface area contributed by atoms with E-state index < -0.39 is 17.8 Å². The molecule has 0 atom stereocenters. The number of oxime groups is 1. The second-order valence-corrected chi connectivity index (χ2v) is 10.5. The summed E-state index contributed by atoms with van der Waals surface area (Å²) in [7, 11) is 0. The zero-order valence-corrected chi connectivity index (χ0v) is 24.4. The van der Waals surface area contributed by atoms with E-state index in [1.807, 2.05) is 37.3 Å². The third-order valence-corrected chi connectivity index (χ3v) is 7.55. The molecule has 1 N–H and O–H groups in total. The minimum atomic E-state index is -4.43. The molecule has 0 saturated carbocycles. The maximum absolute atomic E-state index is 12.7. The van der Waals surface area contributed by atoms with E-state index in [9.17, 15) is 18.0 Å². The average molecular weight is 620 g/mol. The molecule has 224 valence electrons. The van der Waals surface area contributed by atoms with E-state index in [4.69, 9.17) is 13.8 Å². The highest BCUT2D eigenvalue weighted by molar-refractivity contribution is 7.21. The number of hydrogen-bond acceptors (Lipinski definition) is 9. The number of aromatic nitrogens is 3. The van der Waals surface area contributed by atoms with Crippen LogP contribution in [0.4, 0.5) is 23.7 Å². The van der Waals surface area contributed by atoms with Gasteiger partial charge in [-0.25, -0.2) is 4.79 Å². The van der Waals surface area contributed by atoms with Crippen molar-refractivity contribution in [1.82, 2.24) is 15.4 Å². The summed E-state index contributed by atoms with van der Waals surface area (Å²) in [6.07, 6.45) is -5.03. The Morgan fingerprint density at radius 2 is 1.66 bits per heavy atom. The largest absolute Gasteiger partial charge is 0.437 e. The fourth-order valence-electron chi connectivity index (χ4n) is 4.07. The molecule has 3 aromatic carbocycles. The summed E-state index contributed by atoms with van der Waals surface area (Å²) in [5.74, 6) is 0.625. The van der Waals surface area contributed by atoms with Crippen molar-refractivity contribution in [2.24, 2.45) is 5.16 Å². The van der Waals surface area contributed by atoms with Gasteiger partial charge in [0.1, 0.15) is 5.76 Å². The molecular formula is C31H24F3N5O4S. The van der Waals surface area contributed by atoms with Gasteiger partial charge >= 0.3 is 12.3 Å². The third kappa shape index (κ3) is 7.18. The summed E-state index contributed by atoms with van der Waals surface area (Å²) < 4.78 is 49.4. The molecule has 0 spiro atoms. The van der Waals surface area contributed by atoms with Crippen LogP contribution in [0.1, 0.15) is 28.7 Å². The quantitative estimate of drug-likeness (QED) is 0.116. The van der Waals surface area contributed by atoms with E-state index >= 15 is 0 Å². The number of rotatable bonds is 5. The molecule has 3 aromatic heterocycles. The van der Waals surface area contributed by atoms with Crippen molar-refractivity contribution in [3.05, 3.63) is 107 Å². The predicted octanol–water partition coefficient (Wildman–Crippen LogP) is 8.90. The molecule has 1 amide bonds. The van der Waals surface area contributed by atoms with Crippen LogP contribution in [0.25, 0.3) is 33.1 Å². The molecule has 0 fully saturated rings. The molecule has 0 aliphatic rings. The van der Waals surface area contributed by atoms with E-state index in [2.05, 4.69) is 44.9 Å². The van der Waals surface area contributed by atoms with Gasteiger partial charge in [-0.1, -0.05) is 52.8 Å². The van der Waals surface area contributed by atoms with Gasteiger partial charge in [-0.3, -0.25) is 10.2 Å². The minimum absolute atomic E-state index is 0.0169. The molecule has 0 aliphatic heterocycles. The number of anilines is 1. The Morgan fingerprint density at radius 1 is 0.932 bits per heavy atom. The predicted molar refractivity (Wildman–Crippen MR) is 160 cm³/mol. The van der Waals surface area contributed by atoms with Crippen LogP contribution in [-0.2, 0) is 11.0 Å². The van der Waals surface area contributed by atoms with Crippen molar-refractivity contribution in [3.63, 3.8) is 0 Å². The first-order valence-corrected chi connectivity index (χ1v) is 13.9.